The highest BCUT2D eigenvalue weighted by molar-refractivity contribution is 7.21. The van der Waals surface area contributed by atoms with Gasteiger partial charge in [-0.2, -0.15) is 0 Å². The molecule has 0 unspecified atom stereocenters. The summed E-state index contributed by atoms with van der Waals surface area (Å²) < 4.78 is 0. The van der Waals surface area contributed by atoms with Crippen LogP contribution < -0.4 is 10.6 Å². The molecule has 0 spiro atoms. The van der Waals surface area contributed by atoms with Crippen molar-refractivity contribution in [1.29, 1.82) is 0 Å². The maximum Gasteiger partial charge on any atom is 0.266 e. The minimum Gasteiger partial charge on any atom is -0.397 e. The van der Waals surface area contributed by atoms with Crippen LogP contribution in [-0.2, 0) is 6.42 Å². The lowest BCUT2D eigenvalue weighted by molar-refractivity contribution is 0.0752. The number of anilines is 2. The molecule has 1 saturated heterocycles. The van der Waals surface area contributed by atoms with Crippen LogP contribution in [0, 0.1) is 5.92 Å². The Bertz CT molecular complexity index is 1040. The van der Waals surface area contributed by atoms with Crippen LogP contribution in [0.5, 0.6) is 0 Å². The first kappa shape index (κ1) is 20.0. The smallest absolute Gasteiger partial charge is 0.266 e. The van der Waals surface area contributed by atoms with Gasteiger partial charge in [-0.25, -0.2) is 4.98 Å². The fourth-order valence-corrected chi connectivity index (χ4v) is 4.98. The predicted octanol–water partition coefficient (Wildman–Crippen LogP) is 4.69. The number of pyridine rings is 1. The Kier molecular flexibility index (Phi) is 5.65. The van der Waals surface area contributed by atoms with Crippen molar-refractivity contribution in [2.24, 2.45) is 5.92 Å². The molecule has 1 aromatic carbocycles. The molecule has 2 aromatic heterocycles. The van der Waals surface area contributed by atoms with Crippen molar-refractivity contribution in [3.63, 3.8) is 0 Å². The van der Waals surface area contributed by atoms with Gasteiger partial charge in [0.2, 0.25) is 0 Å². The molecule has 2 N–H and O–H groups in total. The Labute approximate surface area is 180 Å². The Morgan fingerprint density at radius 2 is 1.97 bits per heavy atom. The van der Waals surface area contributed by atoms with Gasteiger partial charge in [0.05, 0.1) is 5.69 Å². The maximum absolute atomic E-state index is 13.1. The van der Waals surface area contributed by atoms with Crippen LogP contribution in [0.4, 0.5) is 11.4 Å². The summed E-state index contributed by atoms with van der Waals surface area (Å²) in [4.78, 5) is 23.5. The molecule has 0 radical (unpaired) electrons. The van der Waals surface area contributed by atoms with Gasteiger partial charge >= 0.3 is 0 Å². The summed E-state index contributed by atoms with van der Waals surface area (Å²) in [6, 6.07) is 11.9. The number of rotatable bonds is 4. The average Bonchev–Trinajstić information content (AvgIpc) is 3.03. The van der Waals surface area contributed by atoms with Crippen molar-refractivity contribution >= 4 is 50.4 Å². The van der Waals surface area contributed by atoms with Crippen molar-refractivity contribution in [3.05, 3.63) is 52.0 Å². The molecule has 0 saturated carbocycles. The number of thiophene rings is 1. The molecule has 152 valence electrons. The third kappa shape index (κ3) is 4.19. The van der Waals surface area contributed by atoms with Crippen LogP contribution in [0.15, 0.2) is 36.4 Å². The van der Waals surface area contributed by atoms with Crippen molar-refractivity contribution in [2.75, 3.05) is 36.8 Å². The predicted molar refractivity (Wildman–Crippen MR) is 122 cm³/mol. The van der Waals surface area contributed by atoms with Gasteiger partial charge in [0.15, 0.2) is 0 Å². The fraction of sp³-hybridized carbons (Fsp3) is 0.364. The van der Waals surface area contributed by atoms with E-state index in [1.807, 2.05) is 41.3 Å². The van der Waals surface area contributed by atoms with Crippen LogP contribution in [-0.4, -0.2) is 42.0 Å². The number of benzene rings is 1. The summed E-state index contributed by atoms with van der Waals surface area (Å²) >= 11 is 7.52. The number of amides is 1. The summed E-state index contributed by atoms with van der Waals surface area (Å²) in [6.07, 6.45) is 0.919. The third-order valence-electron chi connectivity index (χ3n) is 5.20. The van der Waals surface area contributed by atoms with E-state index >= 15 is 0 Å². The van der Waals surface area contributed by atoms with Crippen LogP contribution in [0.3, 0.4) is 0 Å². The average molecular weight is 429 g/mol. The van der Waals surface area contributed by atoms with Crippen LogP contribution in [0.25, 0.3) is 10.2 Å². The second-order valence-electron chi connectivity index (χ2n) is 7.86. The van der Waals surface area contributed by atoms with E-state index in [4.69, 9.17) is 22.3 Å². The highest BCUT2D eigenvalue weighted by Crippen LogP contribution is 2.34. The molecule has 5 nitrogen and oxygen atoms in total. The van der Waals surface area contributed by atoms with Gasteiger partial charge in [-0.15, -0.1) is 11.3 Å². The monoisotopic (exact) mass is 428 g/mol. The normalized spacial score (nSPS) is 14.8. The lowest BCUT2D eigenvalue weighted by atomic mass is 10.1. The van der Waals surface area contributed by atoms with Crippen molar-refractivity contribution in [3.8, 4) is 0 Å². The number of carbonyl (C=O) groups is 1. The van der Waals surface area contributed by atoms with Crippen molar-refractivity contribution in [1.82, 2.24) is 9.88 Å². The largest absolute Gasteiger partial charge is 0.397 e. The molecule has 1 aliphatic heterocycles. The molecular formula is C22H25ClN4OS. The summed E-state index contributed by atoms with van der Waals surface area (Å²) in [5, 5.41) is 1.60. The van der Waals surface area contributed by atoms with Gasteiger partial charge in [0, 0.05) is 48.0 Å². The number of piperazine rings is 1. The molecule has 7 heteroatoms. The van der Waals surface area contributed by atoms with E-state index < -0.39 is 0 Å². The first-order valence-electron chi connectivity index (χ1n) is 9.90. The number of nitrogens with two attached hydrogens (primary N) is 1. The van der Waals surface area contributed by atoms with Gasteiger partial charge < -0.3 is 15.5 Å². The fourth-order valence-electron chi connectivity index (χ4n) is 3.71. The van der Waals surface area contributed by atoms with Gasteiger partial charge in [-0.05, 0) is 42.7 Å². The Morgan fingerprint density at radius 1 is 1.21 bits per heavy atom. The summed E-state index contributed by atoms with van der Waals surface area (Å²) in [5.41, 5.74) is 9.02. The molecule has 29 heavy (non-hydrogen) atoms. The first-order valence-corrected chi connectivity index (χ1v) is 11.1. The highest BCUT2D eigenvalue weighted by atomic mass is 35.5. The Hall–Kier alpha value is -2.31. The number of nitrogens with zero attached hydrogens (tertiary/aromatic N) is 3. The maximum atomic E-state index is 13.1. The lowest BCUT2D eigenvalue weighted by Crippen LogP contribution is -2.48. The quantitative estimate of drug-likeness (QED) is 0.654. The third-order valence-corrected chi connectivity index (χ3v) is 6.54. The number of hydrogen-bond donors (Lipinski definition) is 1. The molecule has 0 bridgehead atoms. The molecule has 1 aliphatic rings. The van der Waals surface area contributed by atoms with Crippen LogP contribution in [0.2, 0.25) is 5.02 Å². The van der Waals surface area contributed by atoms with Crippen LogP contribution >= 0.6 is 22.9 Å². The Balaban J connectivity index is 1.50. The van der Waals surface area contributed by atoms with Gasteiger partial charge in [0.1, 0.15) is 9.71 Å². The first-order chi connectivity index (χ1) is 13.9. The minimum absolute atomic E-state index is 0.00153. The van der Waals surface area contributed by atoms with Crippen molar-refractivity contribution < 1.29 is 4.79 Å². The molecule has 0 atom stereocenters. The van der Waals surface area contributed by atoms with Crippen LogP contribution in [0.1, 0.15) is 29.2 Å². The zero-order valence-corrected chi connectivity index (χ0v) is 18.3. The number of nitrogen functional groups attached to an aromatic ring is 1. The molecule has 3 aromatic rings. The highest BCUT2D eigenvalue weighted by Gasteiger charge is 2.26. The zero-order chi connectivity index (χ0) is 20.5. The summed E-state index contributed by atoms with van der Waals surface area (Å²) in [6.45, 7) is 7.21. The van der Waals surface area contributed by atoms with E-state index in [1.165, 1.54) is 11.3 Å². The molecule has 1 amide bonds. The number of carbonyl (C=O) groups excluding carboxylic acids is 1. The second kappa shape index (κ2) is 8.20. The lowest BCUT2D eigenvalue weighted by Gasteiger charge is -2.36. The van der Waals surface area contributed by atoms with Gasteiger partial charge in [0.25, 0.3) is 5.91 Å². The number of aromatic nitrogens is 1. The van der Waals surface area contributed by atoms with E-state index in [2.05, 4.69) is 18.7 Å². The van der Waals surface area contributed by atoms with E-state index in [9.17, 15) is 4.79 Å². The van der Waals surface area contributed by atoms with E-state index in [-0.39, 0.29) is 5.91 Å². The summed E-state index contributed by atoms with van der Waals surface area (Å²) in [5.74, 6) is 0.538. The number of fused-ring (bicyclic) bond motifs is 1. The van der Waals surface area contributed by atoms with E-state index in [1.54, 1.807) is 0 Å². The summed E-state index contributed by atoms with van der Waals surface area (Å²) in [7, 11) is 0. The van der Waals surface area contributed by atoms with E-state index in [0.717, 1.165) is 46.1 Å². The van der Waals surface area contributed by atoms with Gasteiger partial charge in [-0.1, -0.05) is 31.5 Å². The SMILES string of the molecule is CC(C)Cc1ccc2c(N)c(C(=O)N3CCN(c4cccc(Cl)c4)CC3)sc2n1. The molecule has 1 fully saturated rings. The minimum atomic E-state index is 0.00153. The topological polar surface area (TPSA) is 62.5 Å². The molecule has 0 aliphatic carbocycles. The molecular weight excluding hydrogens is 404 g/mol. The Morgan fingerprint density at radius 3 is 2.66 bits per heavy atom. The number of hydrogen-bond acceptors (Lipinski definition) is 5. The second-order valence-corrected chi connectivity index (χ2v) is 9.29. The van der Waals surface area contributed by atoms with Crippen molar-refractivity contribution in [2.45, 2.75) is 20.3 Å². The number of halogens is 1. The zero-order valence-electron chi connectivity index (χ0n) is 16.7. The standard InChI is InChI=1S/C22H25ClN4OS/c1-14(2)12-16-6-7-18-19(24)20(29-21(18)25-16)22(28)27-10-8-26(9-11-27)17-5-3-4-15(23)13-17/h3-7,13-14H,8-12,24H2,1-2H3. The van der Waals surface area contributed by atoms with Gasteiger partial charge in [-0.3, -0.25) is 4.79 Å². The van der Waals surface area contributed by atoms with E-state index in [0.29, 0.717) is 29.6 Å². The molecule has 4 rings (SSSR count). The molecule has 3 heterocycles.